The molecule has 0 aliphatic heterocycles. The second kappa shape index (κ2) is 6.80. The van der Waals surface area contributed by atoms with Gasteiger partial charge in [0.25, 0.3) is 5.91 Å². The van der Waals surface area contributed by atoms with Crippen molar-refractivity contribution in [3.05, 3.63) is 45.7 Å². The largest absolute Gasteiger partial charge is 0.346 e. The zero-order valence-electron chi connectivity index (χ0n) is 11.0. The normalized spacial score (nSPS) is 9.70. The molecule has 3 N–H and O–H groups in total. The second-order valence-corrected chi connectivity index (χ2v) is 5.03. The fourth-order valence-corrected chi connectivity index (χ4v) is 2.22. The van der Waals surface area contributed by atoms with Gasteiger partial charge < -0.3 is 11.1 Å². The molecule has 6 heteroatoms. The number of nitrogens with one attached hydrogen (secondary N) is 1. The standard InChI is InChI=1S/C14H14N4OS/c1-10-6-17-13(8-16-10)14(19)18-7-12-5-11(9-20-12)3-2-4-15/h5-6,8-9H,4,7,15H2,1H3,(H,18,19). The van der Waals surface area contributed by atoms with Crippen LogP contribution in [0.1, 0.15) is 26.6 Å². The van der Waals surface area contributed by atoms with Crippen molar-refractivity contribution in [2.45, 2.75) is 13.5 Å². The lowest BCUT2D eigenvalue weighted by molar-refractivity contribution is 0.0946. The van der Waals surface area contributed by atoms with Crippen molar-refractivity contribution < 1.29 is 4.79 Å². The summed E-state index contributed by atoms with van der Waals surface area (Å²) in [6, 6.07) is 1.94. The van der Waals surface area contributed by atoms with Crippen molar-refractivity contribution >= 4 is 17.2 Å². The lowest BCUT2D eigenvalue weighted by Crippen LogP contribution is -2.23. The molecule has 0 fully saturated rings. The van der Waals surface area contributed by atoms with Crippen molar-refractivity contribution in [2.24, 2.45) is 5.73 Å². The van der Waals surface area contributed by atoms with E-state index < -0.39 is 0 Å². The van der Waals surface area contributed by atoms with Gasteiger partial charge in [-0.2, -0.15) is 0 Å². The third kappa shape index (κ3) is 3.88. The molecule has 0 atom stereocenters. The van der Waals surface area contributed by atoms with Gasteiger partial charge in [0.2, 0.25) is 0 Å². The van der Waals surface area contributed by atoms with Gasteiger partial charge in [-0.25, -0.2) is 4.98 Å². The highest BCUT2D eigenvalue weighted by Gasteiger charge is 2.07. The predicted molar refractivity (Wildman–Crippen MR) is 78.2 cm³/mol. The van der Waals surface area contributed by atoms with E-state index in [4.69, 9.17) is 5.73 Å². The first kappa shape index (κ1) is 14.2. The van der Waals surface area contributed by atoms with Gasteiger partial charge in [-0.1, -0.05) is 11.8 Å². The Balaban J connectivity index is 1.93. The van der Waals surface area contributed by atoms with Gasteiger partial charge in [-0.15, -0.1) is 11.3 Å². The van der Waals surface area contributed by atoms with Gasteiger partial charge in [0.15, 0.2) is 0 Å². The van der Waals surface area contributed by atoms with E-state index in [9.17, 15) is 4.79 Å². The molecule has 0 saturated carbocycles. The summed E-state index contributed by atoms with van der Waals surface area (Å²) in [5, 5.41) is 4.74. The number of amides is 1. The molecule has 0 spiro atoms. The van der Waals surface area contributed by atoms with Crippen LogP contribution >= 0.6 is 11.3 Å². The third-order valence-corrected chi connectivity index (χ3v) is 3.36. The number of hydrogen-bond donors (Lipinski definition) is 2. The van der Waals surface area contributed by atoms with Gasteiger partial charge in [0, 0.05) is 22.0 Å². The predicted octanol–water partition coefficient (Wildman–Crippen LogP) is 1.09. The Hall–Kier alpha value is -2.23. The second-order valence-electron chi connectivity index (χ2n) is 4.03. The summed E-state index contributed by atoms with van der Waals surface area (Å²) in [5.41, 5.74) is 7.33. The maximum atomic E-state index is 11.9. The topological polar surface area (TPSA) is 80.9 Å². The average molecular weight is 286 g/mol. The van der Waals surface area contributed by atoms with Crippen LogP contribution in [0.15, 0.2) is 23.8 Å². The van der Waals surface area contributed by atoms with E-state index in [0.717, 1.165) is 16.1 Å². The highest BCUT2D eigenvalue weighted by molar-refractivity contribution is 7.10. The van der Waals surface area contributed by atoms with E-state index in [1.807, 2.05) is 18.4 Å². The first-order chi connectivity index (χ1) is 9.69. The maximum Gasteiger partial charge on any atom is 0.271 e. The fourth-order valence-electron chi connectivity index (χ4n) is 1.46. The Labute approximate surface area is 121 Å². The van der Waals surface area contributed by atoms with Crippen molar-refractivity contribution in [2.75, 3.05) is 6.54 Å². The molecule has 0 unspecified atom stereocenters. The molecule has 1 amide bonds. The van der Waals surface area contributed by atoms with Crippen LogP contribution in [0, 0.1) is 18.8 Å². The number of carbonyl (C=O) groups is 1. The summed E-state index contributed by atoms with van der Waals surface area (Å²) in [6.45, 7) is 2.61. The Morgan fingerprint density at radius 1 is 1.45 bits per heavy atom. The van der Waals surface area contributed by atoms with E-state index in [-0.39, 0.29) is 5.91 Å². The maximum absolute atomic E-state index is 11.9. The van der Waals surface area contributed by atoms with Gasteiger partial charge in [0.1, 0.15) is 5.69 Å². The molecule has 0 aromatic carbocycles. The monoisotopic (exact) mass is 286 g/mol. The van der Waals surface area contributed by atoms with Gasteiger partial charge in [0.05, 0.1) is 25.0 Å². The zero-order chi connectivity index (χ0) is 14.4. The average Bonchev–Trinajstić information content (AvgIpc) is 2.91. The summed E-state index contributed by atoms with van der Waals surface area (Å²) in [6.07, 6.45) is 3.04. The lowest BCUT2D eigenvalue weighted by Gasteiger charge is -2.02. The first-order valence-electron chi connectivity index (χ1n) is 6.02. The number of aromatic nitrogens is 2. The van der Waals surface area contributed by atoms with E-state index in [2.05, 4.69) is 27.1 Å². The molecule has 5 nitrogen and oxygen atoms in total. The Bertz CT molecular complexity index is 652. The molecule has 2 heterocycles. The summed E-state index contributed by atoms with van der Waals surface area (Å²) < 4.78 is 0. The zero-order valence-corrected chi connectivity index (χ0v) is 11.8. The number of nitrogens with two attached hydrogens (primary N) is 1. The van der Waals surface area contributed by atoms with Crippen molar-refractivity contribution in [3.63, 3.8) is 0 Å². The minimum Gasteiger partial charge on any atom is -0.346 e. The molecule has 0 aliphatic rings. The molecule has 0 bridgehead atoms. The molecule has 0 radical (unpaired) electrons. The third-order valence-electron chi connectivity index (χ3n) is 2.43. The van der Waals surface area contributed by atoms with Crippen LogP contribution in [0.4, 0.5) is 0 Å². The van der Waals surface area contributed by atoms with Gasteiger partial charge >= 0.3 is 0 Å². The molecule has 102 valence electrons. The number of rotatable bonds is 3. The van der Waals surface area contributed by atoms with E-state index in [0.29, 0.717) is 18.8 Å². The Morgan fingerprint density at radius 2 is 2.30 bits per heavy atom. The highest BCUT2D eigenvalue weighted by atomic mass is 32.1. The first-order valence-corrected chi connectivity index (χ1v) is 6.90. The SMILES string of the molecule is Cc1cnc(C(=O)NCc2cc(C#CCN)cs2)cn1. The van der Waals surface area contributed by atoms with E-state index >= 15 is 0 Å². The minimum absolute atomic E-state index is 0.236. The molecule has 2 aromatic rings. The summed E-state index contributed by atoms with van der Waals surface area (Å²) >= 11 is 1.55. The fraction of sp³-hybridized carbons (Fsp3) is 0.214. The van der Waals surface area contributed by atoms with Crippen LogP contribution in [-0.2, 0) is 6.54 Å². The van der Waals surface area contributed by atoms with Gasteiger partial charge in [-0.05, 0) is 13.0 Å². The number of carbonyl (C=O) groups excluding carboxylic acids is 1. The molecule has 0 aliphatic carbocycles. The van der Waals surface area contributed by atoms with Crippen molar-refractivity contribution in [1.82, 2.24) is 15.3 Å². The number of aryl methyl sites for hydroxylation is 1. The summed E-state index contributed by atoms with van der Waals surface area (Å²) in [5.74, 6) is 5.51. The van der Waals surface area contributed by atoms with Crippen LogP contribution in [0.3, 0.4) is 0 Å². The van der Waals surface area contributed by atoms with Crippen LogP contribution in [0.5, 0.6) is 0 Å². The van der Waals surface area contributed by atoms with E-state index in [1.54, 1.807) is 17.5 Å². The van der Waals surface area contributed by atoms with Crippen molar-refractivity contribution in [1.29, 1.82) is 0 Å². The van der Waals surface area contributed by atoms with Crippen LogP contribution in [0.25, 0.3) is 0 Å². The molecule has 2 aromatic heterocycles. The van der Waals surface area contributed by atoms with Crippen molar-refractivity contribution in [3.8, 4) is 11.8 Å². The van der Waals surface area contributed by atoms with Crippen LogP contribution < -0.4 is 11.1 Å². The molecule has 0 saturated heterocycles. The summed E-state index contributed by atoms with van der Waals surface area (Å²) in [4.78, 5) is 21.0. The smallest absolute Gasteiger partial charge is 0.271 e. The molecule has 20 heavy (non-hydrogen) atoms. The highest BCUT2D eigenvalue weighted by Crippen LogP contribution is 2.13. The van der Waals surface area contributed by atoms with E-state index in [1.165, 1.54) is 6.20 Å². The quantitative estimate of drug-likeness (QED) is 0.828. The molecular formula is C14H14N4OS. The number of hydrogen-bond acceptors (Lipinski definition) is 5. The summed E-state index contributed by atoms with van der Waals surface area (Å²) in [7, 11) is 0. The molecular weight excluding hydrogens is 272 g/mol. The van der Waals surface area contributed by atoms with Crippen LogP contribution in [-0.4, -0.2) is 22.4 Å². The van der Waals surface area contributed by atoms with Gasteiger partial charge in [-0.3, -0.25) is 9.78 Å². The van der Waals surface area contributed by atoms with Crippen LogP contribution in [0.2, 0.25) is 0 Å². The lowest BCUT2D eigenvalue weighted by atomic mass is 10.3. The Kier molecular flexibility index (Phi) is 4.82. The number of thiophene rings is 1. The number of nitrogens with zero attached hydrogens (tertiary/aromatic N) is 2. The molecule has 2 rings (SSSR count). The minimum atomic E-state index is -0.236. The Morgan fingerprint density at radius 3 is 3.00 bits per heavy atom.